The number of anilines is 1. The van der Waals surface area contributed by atoms with Gasteiger partial charge in [0.25, 0.3) is 5.91 Å². The van der Waals surface area contributed by atoms with E-state index < -0.39 is 0 Å². The first-order valence-electron chi connectivity index (χ1n) is 8.37. The maximum Gasteiger partial charge on any atom is 0.262 e. The molecule has 0 aliphatic carbocycles. The van der Waals surface area contributed by atoms with Gasteiger partial charge in [-0.3, -0.25) is 9.59 Å². The maximum absolute atomic E-state index is 12.7. The molecule has 4 heteroatoms. The zero-order chi connectivity index (χ0) is 18.1. The number of Topliss-reactive ketones (excluding diaryl/α,β-unsaturated/α-hetero) is 1. The van der Waals surface area contributed by atoms with Gasteiger partial charge in [0, 0.05) is 12.0 Å². The Kier molecular flexibility index (Phi) is 4.01. The van der Waals surface area contributed by atoms with Gasteiger partial charge in [-0.1, -0.05) is 49.0 Å². The standard InChI is InChI=1S/C22H17NO3/c1-14(10-15-6-9-20-19(11-15)23-21(24)13-26-20)22(25)18-8-7-16-4-2-3-5-17(16)12-18/h2-9,11-12H,1,10,13H2,(H,23,24). The highest BCUT2D eigenvalue weighted by atomic mass is 16.5. The highest BCUT2D eigenvalue weighted by Crippen LogP contribution is 2.29. The summed E-state index contributed by atoms with van der Waals surface area (Å²) in [6, 6.07) is 19.1. The number of ether oxygens (including phenoxy) is 1. The van der Waals surface area contributed by atoms with E-state index in [0.717, 1.165) is 16.3 Å². The molecule has 128 valence electrons. The van der Waals surface area contributed by atoms with Crippen LogP contribution in [0.15, 0.2) is 72.8 Å². The molecule has 0 saturated heterocycles. The lowest BCUT2D eigenvalue weighted by molar-refractivity contribution is -0.118. The molecular formula is C22H17NO3. The fourth-order valence-electron chi connectivity index (χ4n) is 3.10. The van der Waals surface area contributed by atoms with Gasteiger partial charge in [-0.2, -0.15) is 0 Å². The summed E-state index contributed by atoms with van der Waals surface area (Å²) in [6.07, 6.45) is 0.412. The van der Waals surface area contributed by atoms with Gasteiger partial charge in [0.2, 0.25) is 0 Å². The molecule has 1 amide bonds. The number of hydrogen-bond acceptors (Lipinski definition) is 3. The van der Waals surface area contributed by atoms with Crippen LogP contribution in [-0.2, 0) is 11.2 Å². The van der Waals surface area contributed by atoms with Crippen LogP contribution >= 0.6 is 0 Å². The molecule has 0 radical (unpaired) electrons. The second-order valence-electron chi connectivity index (χ2n) is 6.34. The van der Waals surface area contributed by atoms with E-state index in [0.29, 0.717) is 29.0 Å². The summed E-state index contributed by atoms with van der Waals surface area (Å²) < 4.78 is 5.35. The van der Waals surface area contributed by atoms with Gasteiger partial charge in [0.15, 0.2) is 12.4 Å². The third-order valence-electron chi connectivity index (χ3n) is 4.43. The molecule has 26 heavy (non-hydrogen) atoms. The number of benzene rings is 3. The lowest BCUT2D eigenvalue weighted by atomic mass is 9.96. The Morgan fingerprint density at radius 1 is 1.04 bits per heavy atom. The van der Waals surface area contributed by atoms with Crippen LogP contribution in [0.2, 0.25) is 0 Å². The molecule has 1 aliphatic rings. The van der Waals surface area contributed by atoms with Gasteiger partial charge in [0.1, 0.15) is 5.75 Å². The van der Waals surface area contributed by atoms with Crippen LogP contribution in [-0.4, -0.2) is 18.3 Å². The van der Waals surface area contributed by atoms with Crippen molar-refractivity contribution in [2.75, 3.05) is 11.9 Å². The van der Waals surface area contributed by atoms with E-state index in [2.05, 4.69) is 11.9 Å². The molecule has 0 unspecified atom stereocenters. The molecule has 0 saturated carbocycles. The topological polar surface area (TPSA) is 55.4 Å². The molecule has 1 aliphatic heterocycles. The zero-order valence-corrected chi connectivity index (χ0v) is 14.1. The van der Waals surface area contributed by atoms with Gasteiger partial charge < -0.3 is 10.1 Å². The van der Waals surface area contributed by atoms with E-state index in [4.69, 9.17) is 4.74 Å². The number of nitrogens with one attached hydrogen (secondary N) is 1. The monoisotopic (exact) mass is 343 g/mol. The van der Waals surface area contributed by atoms with Crippen LogP contribution in [0.25, 0.3) is 10.8 Å². The summed E-state index contributed by atoms with van der Waals surface area (Å²) in [5.41, 5.74) is 2.66. The predicted molar refractivity (Wildman–Crippen MR) is 102 cm³/mol. The van der Waals surface area contributed by atoms with Gasteiger partial charge in [-0.15, -0.1) is 0 Å². The van der Waals surface area contributed by atoms with Crippen LogP contribution in [0.3, 0.4) is 0 Å². The highest BCUT2D eigenvalue weighted by molar-refractivity contribution is 6.10. The van der Waals surface area contributed by atoms with E-state index in [1.165, 1.54) is 0 Å². The van der Waals surface area contributed by atoms with Crippen molar-refractivity contribution in [3.8, 4) is 5.75 Å². The Labute approximate surface area is 151 Å². The average molecular weight is 343 g/mol. The molecule has 0 atom stereocenters. The number of allylic oxidation sites excluding steroid dienone is 1. The number of hydrogen-bond donors (Lipinski definition) is 1. The number of ketones is 1. The number of amides is 1. The van der Waals surface area contributed by atoms with Crippen molar-refractivity contribution in [3.05, 3.63) is 83.9 Å². The summed E-state index contributed by atoms with van der Waals surface area (Å²) in [6.45, 7) is 3.99. The normalized spacial score (nSPS) is 12.8. The van der Waals surface area contributed by atoms with Crippen molar-refractivity contribution in [1.82, 2.24) is 0 Å². The summed E-state index contributed by atoms with van der Waals surface area (Å²) in [5, 5.41) is 4.90. The van der Waals surface area contributed by atoms with E-state index in [1.54, 1.807) is 6.07 Å². The van der Waals surface area contributed by atoms with Crippen molar-refractivity contribution in [3.63, 3.8) is 0 Å². The largest absolute Gasteiger partial charge is 0.482 e. The van der Waals surface area contributed by atoms with Crippen molar-refractivity contribution in [2.24, 2.45) is 0 Å². The molecule has 1 N–H and O–H groups in total. The van der Waals surface area contributed by atoms with Crippen molar-refractivity contribution >= 4 is 28.2 Å². The number of carbonyl (C=O) groups excluding carboxylic acids is 2. The van der Waals surface area contributed by atoms with Gasteiger partial charge >= 0.3 is 0 Å². The van der Waals surface area contributed by atoms with Crippen molar-refractivity contribution < 1.29 is 14.3 Å². The maximum atomic E-state index is 12.7. The second kappa shape index (κ2) is 6.48. The van der Waals surface area contributed by atoms with Crippen LogP contribution < -0.4 is 10.1 Å². The van der Waals surface area contributed by atoms with E-state index in [9.17, 15) is 9.59 Å². The molecule has 4 nitrogen and oxygen atoms in total. The van der Waals surface area contributed by atoms with Crippen LogP contribution in [0, 0.1) is 0 Å². The molecule has 0 aromatic heterocycles. The third-order valence-corrected chi connectivity index (χ3v) is 4.43. The van der Waals surface area contributed by atoms with Gasteiger partial charge in [-0.25, -0.2) is 0 Å². The zero-order valence-electron chi connectivity index (χ0n) is 14.1. The first kappa shape index (κ1) is 16.1. The molecule has 4 rings (SSSR count). The van der Waals surface area contributed by atoms with E-state index in [1.807, 2.05) is 54.6 Å². The molecule has 0 fully saturated rings. The van der Waals surface area contributed by atoms with Gasteiger partial charge in [-0.05, 0) is 40.1 Å². The van der Waals surface area contributed by atoms with Crippen molar-refractivity contribution in [2.45, 2.75) is 6.42 Å². The predicted octanol–water partition coefficient (Wildman–Crippen LogP) is 4.15. The van der Waals surface area contributed by atoms with Gasteiger partial charge in [0.05, 0.1) is 5.69 Å². The fourth-order valence-corrected chi connectivity index (χ4v) is 3.10. The third kappa shape index (κ3) is 3.09. The highest BCUT2D eigenvalue weighted by Gasteiger charge is 2.17. The molecule has 3 aromatic rings. The quantitative estimate of drug-likeness (QED) is 0.572. The Morgan fingerprint density at radius 2 is 1.85 bits per heavy atom. The van der Waals surface area contributed by atoms with Crippen molar-refractivity contribution in [1.29, 1.82) is 0 Å². The number of carbonyl (C=O) groups is 2. The Balaban J connectivity index is 1.54. The SMILES string of the molecule is C=C(Cc1ccc2c(c1)NC(=O)CO2)C(=O)c1ccc2ccccc2c1. The minimum Gasteiger partial charge on any atom is -0.482 e. The first-order chi connectivity index (χ1) is 12.6. The molecule has 0 bridgehead atoms. The van der Waals surface area contributed by atoms with E-state index >= 15 is 0 Å². The van der Waals surface area contributed by atoms with Crippen LogP contribution in [0.5, 0.6) is 5.75 Å². The molecule has 1 heterocycles. The smallest absolute Gasteiger partial charge is 0.262 e. The summed E-state index contributed by atoms with van der Waals surface area (Å²) in [4.78, 5) is 24.2. The number of fused-ring (bicyclic) bond motifs is 2. The summed E-state index contributed by atoms with van der Waals surface area (Å²) >= 11 is 0. The first-order valence-corrected chi connectivity index (χ1v) is 8.37. The van der Waals surface area contributed by atoms with Crippen LogP contribution in [0.1, 0.15) is 15.9 Å². The lowest BCUT2D eigenvalue weighted by Crippen LogP contribution is -2.25. The molecular weight excluding hydrogens is 326 g/mol. The second-order valence-corrected chi connectivity index (χ2v) is 6.34. The Bertz CT molecular complexity index is 1050. The Hall–Kier alpha value is -3.40. The fraction of sp³-hybridized carbons (Fsp3) is 0.0909. The average Bonchev–Trinajstić information content (AvgIpc) is 2.66. The van der Waals surface area contributed by atoms with Crippen LogP contribution in [0.4, 0.5) is 5.69 Å². The summed E-state index contributed by atoms with van der Waals surface area (Å²) in [5.74, 6) is 0.384. The minimum atomic E-state index is -0.180. The lowest BCUT2D eigenvalue weighted by Gasteiger charge is -2.18. The van der Waals surface area contributed by atoms with E-state index in [-0.39, 0.29) is 18.3 Å². The number of rotatable bonds is 4. The molecule has 0 spiro atoms. The molecule has 3 aromatic carbocycles. The summed E-state index contributed by atoms with van der Waals surface area (Å²) in [7, 11) is 0. The minimum absolute atomic E-state index is 0.0273. The Morgan fingerprint density at radius 3 is 2.69 bits per heavy atom.